The second kappa shape index (κ2) is 11.9. The number of nitrogens with zero attached hydrogens (tertiary/aromatic N) is 2. The summed E-state index contributed by atoms with van der Waals surface area (Å²) in [6.07, 6.45) is 2.79. The lowest BCUT2D eigenvalue weighted by molar-refractivity contribution is -0.116. The molecule has 1 saturated carbocycles. The Morgan fingerprint density at radius 2 is 1.56 bits per heavy atom. The van der Waals surface area contributed by atoms with Crippen LogP contribution in [0.15, 0.2) is 81.5 Å². The number of Topliss-reactive ketones (excluding diaryl/α,β-unsaturated/α-hetero) is 2. The molecule has 1 aromatic heterocycles. The Morgan fingerprint density at radius 3 is 2.18 bits per heavy atom. The lowest BCUT2D eigenvalue weighted by Crippen LogP contribution is -2.28. The Kier molecular flexibility index (Phi) is 8.17. The Balaban J connectivity index is 1.37. The van der Waals surface area contributed by atoms with Gasteiger partial charge >= 0.3 is 0 Å². The van der Waals surface area contributed by atoms with Crippen LogP contribution in [0.1, 0.15) is 83.8 Å². The lowest BCUT2D eigenvalue weighted by Gasteiger charge is -2.27. The van der Waals surface area contributed by atoms with Crippen LogP contribution in [-0.4, -0.2) is 45.3 Å². The van der Waals surface area contributed by atoms with Crippen LogP contribution in [0, 0.1) is 0 Å². The van der Waals surface area contributed by atoms with Gasteiger partial charge in [0.1, 0.15) is 11.5 Å². The minimum absolute atomic E-state index is 0.0103. The second-order valence-corrected chi connectivity index (χ2v) is 10.4. The minimum Gasteiger partial charge on any atom is -0.511 e. The molecule has 2 aromatic carbocycles. The molecule has 0 spiro atoms. The lowest BCUT2D eigenvalue weighted by atomic mass is 9.78. The van der Waals surface area contributed by atoms with E-state index in [1.165, 1.54) is 0 Å². The van der Waals surface area contributed by atoms with E-state index in [4.69, 9.17) is 9.52 Å². The predicted octanol–water partition coefficient (Wildman–Crippen LogP) is 5.69. The van der Waals surface area contributed by atoms with E-state index in [9.17, 15) is 19.8 Å². The first-order valence-electron chi connectivity index (χ1n) is 13.7. The molecule has 202 valence electrons. The third-order valence-electron chi connectivity index (χ3n) is 7.86. The van der Waals surface area contributed by atoms with Crippen LogP contribution in [0.2, 0.25) is 0 Å². The maximum absolute atomic E-state index is 13.4. The molecule has 2 aliphatic carbocycles. The Bertz CT molecular complexity index is 1390. The topological polar surface area (TPSA) is 113 Å². The van der Waals surface area contributed by atoms with E-state index >= 15 is 0 Å². The second-order valence-electron chi connectivity index (χ2n) is 10.4. The van der Waals surface area contributed by atoms with Gasteiger partial charge in [0, 0.05) is 32.1 Å². The van der Waals surface area contributed by atoms with Crippen LogP contribution in [0.5, 0.6) is 0 Å². The quantitative estimate of drug-likeness (QED) is 0.288. The number of aliphatic imine (C=N–C) groups is 1. The summed E-state index contributed by atoms with van der Waals surface area (Å²) in [7, 11) is 0. The van der Waals surface area contributed by atoms with Gasteiger partial charge in [-0.15, -0.1) is 0 Å². The number of hydrogen-bond acceptors (Lipinski definition) is 7. The van der Waals surface area contributed by atoms with Crippen molar-refractivity contribution in [2.45, 2.75) is 69.7 Å². The van der Waals surface area contributed by atoms with Crippen LogP contribution in [0.3, 0.4) is 0 Å². The van der Waals surface area contributed by atoms with Crippen molar-refractivity contribution in [2.24, 2.45) is 4.99 Å². The summed E-state index contributed by atoms with van der Waals surface area (Å²) in [5, 5.41) is 25.1. The zero-order valence-electron chi connectivity index (χ0n) is 22.2. The molecule has 2 N–H and O–H groups in total. The molecule has 5 rings (SSSR count). The molecule has 0 amide bonds. The van der Waals surface area contributed by atoms with Crippen molar-refractivity contribution in [2.75, 3.05) is 6.61 Å². The number of aryl methyl sites for hydroxylation is 1. The minimum atomic E-state index is -0.345. The molecule has 0 bridgehead atoms. The average molecular weight is 527 g/mol. The van der Waals surface area contributed by atoms with Crippen molar-refractivity contribution < 1.29 is 24.3 Å². The number of fused-ring (bicyclic) bond motifs is 1. The van der Waals surface area contributed by atoms with E-state index in [1.807, 2.05) is 67.6 Å². The number of carbonyl (C=O) groups is 2. The third-order valence-corrected chi connectivity index (χ3v) is 7.86. The molecule has 3 unspecified atom stereocenters. The Morgan fingerprint density at radius 1 is 0.949 bits per heavy atom. The van der Waals surface area contributed by atoms with Crippen molar-refractivity contribution in [1.29, 1.82) is 0 Å². The third kappa shape index (κ3) is 5.78. The molecule has 1 heterocycles. The highest BCUT2D eigenvalue weighted by Gasteiger charge is 2.35. The molecule has 7 heteroatoms. The summed E-state index contributed by atoms with van der Waals surface area (Å²) in [5.41, 5.74) is 3.94. The number of ketones is 2. The van der Waals surface area contributed by atoms with Crippen molar-refractivity contribution in [3.63, 3.8) is 0 Å². The van der Waals surface area contributed by atoms with E-state index in [0.717, 1.165) is 11.1 Å². The van der Waals surface area contributed by atoms with Crippen LogP contribution >= 0.6 is 0 Å². The van der Waals surface area contributed by atoms with Gasteiger partial charge in [-0.25, -0.2) is 0 Å². The highest BCUT2D eigenvalue weighted by molar-refractivity contribution is 6.24. The number of hydrogen-bond donors (Lipinski definition) is 2. The number of rotatable bonds is 8. The molecular formula is C32H34N2O5. The normalized spacial score (nSPS) is 22.6. The standard InChI is InChI=1S/C32H34N2O5/c1-2-24(19-35)33-26-15-22(20-9-5-3-6-10-20)16-28(37)31(26)27(36)14-13-25-32-29(38)17-23(18-30(32)39-34-25)21-11-7-4-8-12-21/h3-12,22-24,35-36H,2,13-19H2,1H3/b31-27+,33-26?. The summed E-state index contributed by atoms with van der Waals surface area (Å²) in [6.45, 7) is 1.80. The van der Waals surface area contributed by atoms with Crippen molar-refractivity contribution in [3.8, 4) is 0 Å². The van der Waals surface area contributed by atoms with Gasteiger partial charge in [0.25, 0.3) is 0 Å². The number of aliphatic hydroxyl groups excluding tert-OH is 2. The van der Waals surface area contributed by atoms with Gasteiger partial charge in [-0.3, -0.25) is 14.6 Å². The highest BCUT2D eigenvalue weighted by Crippen LogP contribution is 2.36. The van der Waals surface area contributed by atoms with Crippen LogP contribution < -0.4 is 0 Å². The Labute approximate surface area is 228 Å². The number of benzene rings is 2. The van der Waals surface area contributed by atoms with Crippen LogP contribution in [0.4, 0.5) is 0 Å². The van der Waals surface area contributed by atoms with Gasteiger partial charge in [0.2, 0.25) is 0 Å². The molecule has 0 aliphatic heterocycles. The SMILES string of the molecule is CCC(CO)N=C1CC(c2ccccc2)CC(=O)/C1=C(/O)CCc1noc2c1C(=O)CC(c1ccccc1)C2. The van der Waals surface area contributed by atoms with E-state index in [-0.39, 0.29) is 66.6 Å². The zero-order chi connectivity index (χ0) is 27.4. The summed E-state index contributed by atoms with van der Waals surface area (Å²) >= 11 is 0. The first kappa shape index (κ1) is 26.8. The fourth-order valence-electron chi connectivity index (χ4n) is 5.72. The number of aromatic nitrogens is 1. The molecule has 0 saturated heterocycles. The first-order valence-corrected chi connectivity index (χ1v) is 13.7. The Hall–Kier alpha value is -3.84. The van der Waals surface area contributed by atoms with Crippen molar-refractivity contribution in [1.82, 2.24) is 5.16 Å². The van der Waals surface area contributed by atoms with Gasteiger partial charge in [-0.1, -0.05) is 72.7 Å². The van der Waals surface area contributed by atoms with Gasteiger partial charge < -0.3 is 14.7 Å². The molecule has 3 aromatic rings. The van der Waals surface area contributed by atoms with Crippen molar-refractivity contribution in [3.05, 3.63) is 100 Å². The summed E-state index contributed by atoms with van der Waals surface area (Å²) in [5.74, 6) is 0.365. The largest absolute Gasteiger partial charge is 0.511 e. The molecule has 39 heavy (non-hydrogen) atoms. The monoisotopic (exact) mass is 526 g/mol. The zero-order valence-corrected chi connectivity index (χ0v) is 22.2. The molecule has 7 nitrogen and oxygen atoms in total. The maximum atomic E-state index is 13.4. The van der Waals surface area contributed by atoms with Gasteiger partial charge in [-0.2, -0.15) is 0 Å². The van der Waals surface area contributed by atoms with Crippen LogP contribution in [0.25, 0.3) is 0 Å². The van der Waals surface area contributed by atoms with E-state index in [2.05, 4.69) is 5.16 Å². The number of carbonyl (C=O) groups excluding carboxylic acids is 2. The molecule has 2 aliphatic rings. The predicted molar refractivity (Wildman–Crippen MR) is 148 cm³/mol. The van der Waals surface area contributed by atoms with Gasteiger partial charge in [0.15, 0.2) is 11.6 Å². The molecule has 3 atom stereocenters. The van der Waals surface area contributed by atoms with Crippen LogP contribution in [-0.2, 0) is 17.6 Å². The summed E-state index contributed by atoms with van der Waals surface area (Å²) < 4.78 is 5.59. The van der Waals surface area contributed by atoms with Gasteiger partial charge in [0.05, 0.1) is 35.2 Å². The molecule has 0 radical (unpaired) electrons. The number of allylic oxidation sites excluding steroid dienone is 2. The first-order chi connectivity index (χ1) is 19.0. The summed E-state index contributed by atoms with van der Waals surface area (Å²) in [4.78, 5) is 31.1. The molecular weight excluding hydrogens is 492 g/mol. The van der Waals surface area contributed by atoms with E-state index < -0.39 is 0 Å². The van der Waals surface area contributed by atoms with Gasteiger partial charge in [-0.05, 0) is 35.8 Å². The number of aliphatic hydroxyl groups is 2. The van der Waals surface area contributed by atoms with E-state index in [1.54, 1.807) is 0 Å². The fraction of sp³-hybridized carbons (Fsp3) is 0.375. The summed E-state index contributed by atoms with van der Waals surface area (Å²) in [6, 6.07) is 19.4. The van der Waals surface area contributed by atoms with E-state index in [0.29, 0.717) is 48.4 Å². The average Bonchev–Trinajstić information content (AvgIpc) is 3.39. The fourth-order valence-corrected chi connectivity index (χ4v) is 5.72. The molecule has 1 fully saturated rings. The maximum Gasteiger partial charge on any atom is 0.168 e. The highest BCUT2D eigenvalue weighted by atomic mass is 16.5. The smallest absolute Gasteiger partial charge is 0.168 e. The van der Waals surface area contributed by atoms with Crippen molar-refractivity contribution >= 4 is 17.3 Å².